The van der Waals surface area contributed by atoms with Crippen molar-refractivity contribution in [2.24, 2.45) is 0 Å². The standard InChI is InChI=1S/C10H10ClNO2/c1-7(2)6-14-10(13)8-4-3-5-12-9(8)11/h3-5H,1,6H2,2H3. The third kappa shape index (κ3) is 2.85. The van der Waals surface area contributed by atoms with Crippen LogP contribution < -0.4 is 0 Å². The van der Waals surface area contributed by atoms with Gasteiger partial charge >= 0.3 is 5.97 Å². The number of nitrogens with zero attached hydrogens (tertiary/aromatic N) is 1. The Morgan fingerprint density at radius 2 is 2.43 bits per heavy atom. The van der Waals surface area contributed by atoms with Crippen LogP contribution in [-0.4, -0.2) is 17.6 Å². The van der Waals surface area contributed by atoms with Crippen molar-refractivity contribution in [3.05, 3.63) is 41.2 Å². The largest absolute Gasteiger partial charge is 0.458 e. The quantitative estimate of drug-likeness (QED) is 0.438. The number of rotatable bonds is 3. The molecule has 0 saturated carbocycles. The molecule has 1 rings (SSSR count). The first-order chi connectivity index (χ1) is 6.61. The van der Waals surface area contributed by atoms with Gasteiger partial charge in [0, 0.05) is 6.20 Å². The molecule has 0 aliphatic rings. The number of esters is 1. The Bertz CT molecular complexity index is 363. The first-order valence-electron chi connectivity index (χ1n) is 4.03. The van der Waals surface area contributed by atoms with Gasteiger partial charge < -0.3 is 4.74 Å². The molecule has 1 aromatic heterocycles. The number of aromatic nitrogens is 1. The van der Waals surface area contributed by atoms with E-state index >= 15 is 0 Å². The van der Waals surface area contributed by atoms with Crippen molar-refractivity contribution in [1.82, 2.24) is 4.98 Å². The van der Waals surface area contributed by atoms with Crippen LogP contribution in [0.5, 0.6) is 0 Å². The van der Waals surface area contributed by atoms with Gasteiger partial charge in [-0.3, -0.25) is 0 Å². The topological polar surface area (TPSA) is 39.2 Å². The summed E-state index contributed by atoms with van der Waals surface area (Å²) in [7, 11) is 0. The number of halogens is 1. The molecule has 0 atom stereocenters. The van der Waals surface area contributed by atoms with E-state index in [0.29, 0.717) is 0 Å². The van der Waals surface area contributed by atoms with Gasteiger partial charge in [-0.25, -0.2) is 9.78 Å². The highest BCUT2D eigenvalue weighted by Gasteiger charge is 2.11. The predicted molar refractivity (Wildman–Crippen MR) is 54.3 cm³/mol. The van der Waals surface area contributed by atoms with E-state index in [9.17, 15) is 4.79 Å². The maximum Gasteiger partial charge on any atom is 0.341 e. The molecule has 0 aliphatic heterocycles. The van der Waals surface area contributed by atoms with Gasteiger partial charge in [0.2, 0.25) is 0 Å². The molecule has 4 heteroatoms. The van der Waals surface area contributed by atoms with Crippen LogP contribution in [0, 0.1) is 0 Å². The molecular weight excluding hydrogens is 202 g/mol. The second-order valence-electron chi connectivity index (χ2n) is 2.88. The molecule has 74 valence electrons. The molecule has 0 N–H and O–H groups in total. The van der Waals surface area contributed by atoms with Gasteiger partial charge in [0.1, 0.15) is 11.8 Å². The van der Waals surface area contributed by atoms with Crippen molar-refractivity contribution in [1.29, 1.82) is 0 Å². The summed E-state index contributed by atoms with van der Waals surface area (Å²) < 4.78 is 4.91. The zero-order valence-corrected chi connectivity index (χ0v) is 8.54. The predicted octanol–water partition coefficient (Wildman–Crippen LogP) is 2.47. The molecule has 0 aliphatic carbocycles. The fourth-order valence-corrected chi connectivity index (χ4v) is 1.00. The maximum atomic E-state index is 11.4. The number of pyridine rings is 1. The fourth-order valence-electron chi connectivity index (χ4n) is 0.805. The average Bonchev–Trinajstić information content (AvgIpc) is 2.15. The van der Waals surface area contributed by atoms with Gasteiger partial charge in [-0.05, 0) is 24.6 Å². The van der Waals surface area contributed by atoms with Crippen molar-refractivity contribution >= 4 is 17.6 Å². The van der Waals surface area contributed by atoms with Crippen LogP contribution in [0.15, 0.2) is 30.5 Å². The van der Waals surface area contributed by atoms with Crippen molar-refractivity contribution in [3.8, 4) is 0 Å². The summed E-state index contributed by atoms with van der Waals surface area (Å²) in [6.07, 6.45) is 1.51. The highest BCUT2D eigenvalue weighted by Crippen LogP contribution is 2.12. The van der Waals surface area contributed by atoms with Crippen LogP contribution in [0.2, 0.25) is 5.15 Å². The van der Waals surface area contributed by atoms with Crippen LogP contribution >= 0.6 is 11.6 Å². The molecular formula is C10H10ClNO2. The molecule has 0 radical (unpaired) electrons. The molecule has 0 spiro atoms. The lowest BCUT2D eigenvalue weighted by molar-refractivity contribution is 0.0540. The van der Waals surface area contributed by atoms with Crippen LogP contribution in [0.1, 0.15) is 17.3 Å². The van der Waals surface area contributed by atoms with Gasteiger partial charge in [-0.1, -0.05) is 18.2 Å². The van der Waals surface area contributed by atoms with E-state index in [2.05, 4.69) is 11.6 Å². The summed E-state index contributed by atoms with van der Waals surface area (Å²) >= 11 is 5.70. The molecule has 0 amide bonds. The van der Waals surface area contributed by atoms with E-state index in [4.69, 9.17) is 16.3 Å². The second kappa shape index (κ2) is 4.77. The van der Waals surface area contributed by atoms with Crippen molar-refractivity contribution < 1.29 is 9.53 Å². The van der Waals surface area contributed by atoms with Gasteiger partial charge in [0.25, 0.3) is 0 Å². The molecule has 0 unspecified atom stereocenters. The Morgan fingerprint density at radius 1 is 1.71 bits per heavy atom. The average molecular weight is 212 g/mol. The summed E-state index contributed by atoms with van der Waals surface area (Å²) in [5, 5.41) is 0.152. The lowest BCUT2D eigenvalue weighted by Crippen LogP contribution is -2.07. The Balaban J connectivity index is 2.70. The van der Waals surface area contributed by atoms with E-state index in [-0.39, 0.29) is 17.3 Å². The maximum absolute atomic E-state index is 11.4. The van der Waals surface area contributed by atoms with Gasteiger partial charge in [0.15, 0.2) is 0 Å². The van der Waals surface area contributed by atoms with E-state index < -0.39 is 5.97 Å². The van der Waals surface area contributed by atoms with Gasteiger partial charge in [-0.2, -0.15) is 0 Å². The fraction of sp³-hybridized carbons (Fsp3) is 0.200. The van der Waals surface area contributed by atoms with Gasteiger partial charge in [-0.15, -0.1) is 0 Å². The van der Waals surface area contributed by atoms with Crippen LogP contribution in [0.3, 0.4) is 0 Å². The second-order valence-corrected chi connectivity index (χ2v) is 3.23. The smallest absolute Gasteiger partial charge is 0.341 e. The summed E-state index contributed by atoms with van der Waals surface area (Å²) in [5.74, 6) is -0.480. The van der Waals surface area contributed by atoms with Crippen LogP contribution in [0.25, 0.3) is 0 Å². The Kier molecular flexibility index (Phi) is 3.65. The highest BCUT2D eigenvalue weighted by atomic mass is 35.5. The first-order valence-corrected chi connectivity index (χ1v) is 4.41. The van der Waals surface area contributed by atoms with Crippen molar-refractivity contribution in [2.75, 3.05) is 6.61 Å². The molecule has 0 fully saturated rings. The number of ether oxygens (including phenoxy) is 1. The number of carbonyl (C=O) groups is 1. The zero-order valence-electron chi connectivity index (χ0n) is 7.79. The number of hydrogen-bond donors (Lipinski definition) is 0. The third-order valence-electron chi connectivity index (χ3n) is 1.43. The lowest BCUT2D eigenvalue weighted by atomic mass is 10.3. The molecule has 1 aromatic rings. The highest BCUT2D eigenvalue weighted by molar-refractivity contribution is 6.32. The minimum atomic E-state index is -0.480. The molecule has 14 heavy (non-hydrogen) atoms. The molecule has 1 heterocycles. The van der Waals surface area contributed by atoms with Crippen molar-refractivity contribution in [2.45, 2.75) is 6.92 Å². The van der Waals surface area contributed by atoms with Crippen LogP contribution in [-0.2, 0) is 4.74 Å². The van der Waals surface area contributed by atoms with E-state index in [1.807, 2.05) is 0 Å². The summed E-state index contributed by atoms with van der Waals surface area (Å²) in [6.45, 7) is 5.59. The van der Waals surface area contributed by atoms with E-state index in [1.54, 1.807) is 19.1 Å². The van der Waals surface area contributed by atoms with Crippen molar-refractivity contribution in [3.63, 3.8) is 0 Å². The molecule has 0 saturated heterocycles. The first kappa shape index (κ1) is 10.7. The summed E-state index contributed by atoms with van der Waals surface area (Å²) in [6, 6.07) is 3.19. The Morgan fingerprint density at radius 3 is 3.00 bits per heavy atom. The summed E-state index contributed by atoms with van der Waals surface area (Å²) in [5.41, 5.74) is 1.05. The van der Waals surface area contributed by atoms with Gasteiger partial charge in [0.05, 0.1) is 5.56 Å². The number of carbonyl (C=O) groups excluding carboxylic acids is 1. The Hall–Kier alpha value is -1.35. The monoisotopic (exact) mass is 211 g/mol. The molecule has 3 nitrogen and oxygen atoms in total. The minimum absolute atomic E-state index is 0.152. The zero-order chi connectivity index (χ0) is 10.6. The van der Waals surface area contributed by atoms with Crippen LogP contribution in [0.4, 0.5) is 0 Å². The lowest BCUT2D eigenvalue weighted by Gasteiger charge is -2.04. The van der Waals surface area contributed by atoms with E-state index in [0.717, 1.165) is 5.57 Å². The van der Waals surface area contributed by atoms with E-state index in [1.165, 1.54) is 6.20 Å². The third-order valence-corrected chi connectivity index (χ3v) is 1.73. The number of hydrogen-bond acceptors (Lipinski definition) is 3. The Labute approximate surface area is 87.4 Å². The normalized spacial score (nSPS) is 9.57. The molecule has 0 aromatic carbocycles. The minimum Gasteiger partial charge on any atom is -0.458 e. The molecule has 0 bridgehead atoms. The summed E-state index contributed by atoms with van der Waals surface area (Å²) in [4.78, 5) is 15.2. The SMILES string of the molecule is C=C(C)COC(=O)c1cccnc1Cl.